The number of guanidine groups is 1. The van der Waals surface area contributed by atoms with E-state index in [9.17, 15) is 4.79 Å². The first kappa shape index (κ1) is 22.0. The molecule has 130 valence electrons. The van der Waals surface area contributed by atoms with Crippen LogP contribution in [-0.4, -0.2) is 37.0 Å². The van der Waals surface area contributed by atoms with Crippen LogP contribution in [0.15, 0.2) is 29.3 Å². The minimum Gasteiger partial charge on any atom is -0.366 e. The Morgan fingerprint density at radius 1 is 1.30 bits per heavy atom. The van der Waals surface area contributed by atoms with Gasteiger partial charge in [0, 0.05) is 18.7 Å². The second kappa shape index (κ2) is 13.5. The van der Waals surface area contributed by atoms with Gasteiger partial charge >= 0.3 is 0 Å². The van der Waals surface area contributed by atoms with Crippen LogP contribution >= 0.6 is 35.7 Å². The Labute approximate surface area is 160 Å². The van der Waals surface area contributed by atoms with Gasteiger partial charge in [0.1, 0.15) is 0 Å². The quantitative estimate of drug-likeness (QED) is 0.234. The summed E-state index contributed by atoms with van der Waals surface area (Å²) in [4.78, 5) is 15.7. The van der Waals surface area contributed by atoms with Crippen molar-refractivity contribution in [1.29, 1.82) is 0 Å². The second-order valence-electron chi connectivity index (χ2n) is 4.89. The Kier molecular flexibility index (Phi) is 12.9. The summed E-state index contributed by atoms with van der Waals surface area (Å²) in [5, 5.41) is 6.55. The van der Waals surface area contributed by atoms with E-state index in [2.05, 4.69) is 21.9 Å². The zero-order chi connectivity index (χ0) is 16.2. The molecule has 0 radical (unpaired) electrons. The van der Waals surface area contributed by atoms with Crippen molar-refractivity contribution >= 4 is 47.6 Å². The highest BCUT2D eigenvalue weighted by atomic mass is 127. The fourth-order valence-corrected chi connectivity index (χ4v) is 2.41. The smallest absolute Gasteiger partial charge is 0.248 e. The number of nitrogens with one attached hydrogen (secondary N) is 2. The summed E-state index contributed by atoms with van der Waals surface area (Å²) in [6, 6.07) is 7.27. The Morgan fingerprint density at radius 3 is 2.74 bits per heavy atom. The summed E-state index contributed by atoms with van der Waals surface area (Å²) in [5.41, 5.74) is 6.78. The molecule has 0 aliphatic rings. The average molecular weight is 450 g/mol. The van der Waals surface area contributed by atoms with Crippen molar-refractivity contribution in [3.8, 4) is 0 Å². The summed E-state index contributed by atoms with van der Waals surface area (Å²) >= 11 is 1.87. The lowest BCUT2D eigenvalue weighted by molar-refractivity contribution is 0.1000. The predicted molar refractivity (Wildman–Crippen MR) is 111 cm³/mol. The molecule has 0 aliphatic carbocycles. The van der Waals surface area contributed by atoms with Gasteiger partial charge in [-0.05, 0) is 49.5 Å². The molecule has 0 aromatic heterocycles. The molecule has 1 rings (SSSR count). The van der Waals surface area contributed by atoms with Crippen LogP contribution in [0.5, 0.6) is 0 Å². The molecule has 0 saturated carbocycles. The van der Waals surface area contributed by atoms with Gasteiger partial charge in [-0.3, -0.25) is 4.79 Å². The van der Waals surface area contributed by atoms with Crippen LogP contribution in [0, 0.1) is 0 Å². The molecule has 7 heteroatoms. The van der Waals surface area contributed by atoms with Crippen LogP contribution in [-0.2, 0) is 6.54 Å². The molecule has 0 atom stereocenters. The maximum Gasteiger partial charge on any atom is 0.248 e. The molecule has 0 fully saturated rings. The van der Waals surface area contributed by atoms with E-state index in [1.54, 1.807) is 12.1 Å². The van der Waals surface area contributed by atoms with Gasteiger partial charge < -0.3 is 16.4 Å². The van der Waals surface area contributed by atoms with Crippen molar-refractivity contribution in [3.05, 3.63) is 35.4 Å². The van der Waals surface area contributed by atoms with Gasteiger partial charge in [-0.1, -0.05) is 12.1 Å². The van der Waals surface area contributed by atoms with Gasteiger partial charge in [-0.15, -0.1) is 24.0 Å². The standard InChI is InChI=1S/C16H26N4OS.HI/c1-3-18-16(19-9-4-5-10-22-2)20-12-13-7-6-8-14(11-13)15(17)21;/h6-8,11H,3-5,9-10,12H2,1-2H3,(H2,17,21)(H2,18,19,20);1H. The van der Waals surface area contributed by atoms with Crippen molar-refractivity contribution in [2.24, 2.45) is 10.7 Å². The van der Waals surface area contributed by atoms with Crippen molar-refractivity contribution in [3.63, 3.8) is 0 Å². The topological polar surface area (TPSA) is 79.5 Å². The maximum atomic E-state index is 11.2. The monoisotopic (exact) mass is 450 g/mol. The third kappa shape index (κ3) is 9.70. The molecule has 23 heavy (non-hydrogen) atoms. The Balaban J connectivity index is 0.00000484. The normalized spacial score (nSPS) is 10.8. The van der Waals surface area contributed by atoms with Crippen LogP contribution < -0.4 is 16.4 Å². The van der Waals surface area contributed by atoms with Gasteiger partial charge in [0.05, 0.1) is 6.54 Å². The molecular weight excluding hydrogens is 423 g/mol. The molecule has 1 aromatic rings. The Bertz CT molecular complexity index is 497. The van der Waals surface area contributed by atoms with Crippen LogP contribution in [0.4, 0.5) is 0 Å². The first-order valence-electron chi connectivity index (χ1n) is 7.57. The zero-order valence-corrected chi connectivity index (χ0v) is 16.9. The number of thioether (sulfide) groups is 1. The molecule has 0 unspecified atom stereocenters. The number of nitrogens with two attached hydrogens (primary N) is 1. The van der Waals surface area contributed by atoms with E-state index < -0.39 is 5.91 Å². The number of carbonyl (C=O) groups excluding carboxylic acids is 1. The van der Waals surface area contributed by atoms with E-state index in [0.717, 1.165) is 31.0 Å². The molecule has 5 nitrogen and oxygen atoms in total. The lowest BCUT2D eigenvalue weighted by Crippen LogP contribution is -2.37. The molecular formula is C16H27IN4OS. The predicted octanol–water partition coefficient (Wildman–Crippen LogP) is 2.60. The molecule has 0 heterocycles. The number of aliphatic imine (C=N–C) groups is 1. The largest absolute Gasteiger partial charge is 0.366 e. The van der Waals surface area contributed by atoms with Gasteiger partial charge in [0.25, 0.3) is 0 Å². The Morgan fingerprint density at radius 2 is 2.09 bits per heavy atom. The van der Waals surface area contributed by atoms with Crippen molar-refractivity contribution < 1.29 is 4.79 Å². The van der Waals surface area contributed by atoms with E-state index in [-0.39, 0.29) is 24.0 Å². The highest BCUT2D eigenvalue weighted by Crippen LogP contribution is 2.06. The molecule has 0 aliphatic heterocycles. The first-order valence-corrected chi connectivity index (χ1v) is 8.96. The summed E-state index contributed by atoms with van der Waals surface area (Å²) < 4.78 is 0. The number of amides is 1. The molecule has 0 spiro atoms. The maximum absolute atomic E-state index is 11.2. The van der Waals surface area contributed by atoms with E-state index >= 15 is 0 Å². The number of rotatable bonds is 9. The minimum absolute atomic E-state index is 0. The number of halogens is 1. The average Bonchev–Trinajstić information content (AvgIpc) is 2.52. The fraction of sp³-hybridized carbons (Fsp3) is 0.500. The number of nitrogens with zero attached hydrogens (tertiary/aromatic N) is 1. The van der Waals surface area contributed by atoms with E-state index in [4.69, 9.17) is 5.73 Å². The summed E-state index contributed by atoms with van der Waals surface area (Å²) in [5.74, 6) is 1.58. The minimum atomic E-state index is -0.412. The molecule has 1 amide bonds. The highest BCUT2D eigenvalue weighted by Gasteiger charge is 2.02. The van der Waals surface area contributed by atoms with Gasteiger partial charge in [-0.25, -0.2) is 4.99 Å². The number of benzene rings is 1. The molecule has 4 N–H and O–H groups in total. The lowest BCUT2D eigenvalue weighted by atomic mass is 10.1. The van der Waals surface area contributed by atoms with Gasteiger partial charge in [-0.2, -0.15) is 11.8 Å². The fourth-order valence-electron chi connectivity index (χ4n) is 1.91. The van der Waals surface area contributed by atoms with Crippen LogP contribution in [0.25, 0.3) is 0 Å². The number of hydrogen-bond acceptors (Lipinski definition) is 3. The molecule has 0 saturated heterocycles. The van der Waals surface area contributed by atoms with Crippen LogP contribution in [0.2, 0.25) is 0 Å². The summed E-state index contributed by atoms with van der Waals surface area (Å²) in [7, 11) is 0. The number of carbonyl (C=O) groups is 1. The highest BCUT2D eigenvalue weighted by molar-refractivity contribution is 14.0. The van der Waals surface area contributed by atoms with Crippen LogP contribution in [0.1, 0.15) is 35.7 Å². The summed E-state index contributed by atoms with van der Waals surface area (Å²) in [6.45, 7) is 4.28. The number of unbranched alkanes of at least 4 members (excludes halogenated alkanes) is 1. The third-order valence-electron chi connectivity index (χ3n) is 3.04. The van der Waals surface area contributed by atoms with Crippen molar-refractivity contribution in [2.45, 2.75) is 26.3 Å². The van der Waals surface area contributed by atoms with E-state index in [0.29, 0.717) is 12.1 Å². The SMILES string of the molecule is CCNC(=NCc1cccc(C(N)=O)c1)NCCCCSC.I. The van der Waals surface area contributed by atoms with Gasteiger partial charge in [0.15, 0.2) is 5.96 Å². The summed E-state index contributed by atoms with van der Waals surface area (Å²) in [6.07, 6.45) is 4.45. The third-order valence-corrected chi connectivity index (χ3v) is 3.74. The van der Waals surface area contributed by atoms with Crippen molar-refractivity contribution in [1.82, 2.24) is 10.6 Å². The first-order chi connectivity index (χ1) is 10.7. The van der Waals surface area contributed by atoms with Gasteiger partial charge in [0.2, 0.25) is 5.91 Å². The van der Waals surface area contributed by atoms with Crippen molar-refractivity contribution in [2.75, 3.05) is 25.1 Å². The number of primary amides is 1. The van der Waals surface area contributed by atoms with Crippen LogP contribution in [0.3, 0.4) is 0 Å². The Hall–Kier alpha value is -0.960. The van der Waals surface area contributed by atoms with E-state index in [1.807, 2.05) is 30.8 Å². The molecule has 1 aromatic carbocycles. The van der Waals surface area contributed by atoms with E-state index in [1.165, 1.54) is 12.2 Å². The zero-order valence-electron chi connectivity index (χ0n) is 13.8. The lowest BCUT2D eigenvalue weighted by Gasteiger charge is -2.11. The second-order valence-corrected chi connectivity index (χ2v) is 5.87. The number of hydrogen-bond donors (Lipinski definition) is 3. The molecule has 0 bridgehead atoms.